The topological polar surface area (TPSA) is 38.0 Å². The van der Waals surface area contributed by atoms with Gasteiger partial charge in [0.25, 0.3) is 0 Å². The van der Waals surface area contributed by atoms with Gasteiger partial charge in [-0.3, -0.25) is 0 Å². The highest BCUT2D eigenvalue weighted by atomic mass is 32.2. The second-order valence-corrected chi connectivity index (χ2v) is 7.02. The van der Waals surface area contributed by atoms with Gasteiger partial charge < -0.3 is 9.67 Å². The summed E-state index contributed by atoms with van der Waals surface area (Å²) in [5.74, 6) is 3.28. The van der Waals surface area contributed by atoms with Gasteiger partial charge in [-0.25, -0.2) is 4.98 Å². The van der Waals surface area contributed by atoms with Crippen molar-refractivity contribution in [3.63, 3.8) is 0 Å². The van der Waals surface area contributed by atoms with Gasteiger partial charge in [0.2, 0.25) is 0 Å². The lowest BCUT2D eigenvalue weighted by Gasteiger charge is -2.09. The Hall–Kier alpha value is -0.780. The monoisotopic (exact) mass is 294 g/mol. The summed E-state index contributed by atoms with van der Waals surface area (Å²) in [4.78, 5) is 6.90. The summed E-state index contributed by atoms with van der Waals surface area (Å²) in [6.07, 6.45) is 5.11. The van der Waals surface area contributed by atoms with E-state index in [9.17, 15) is 5.11 Å². The fraction of sp³-hybridized carbons (Fsp3) is 0.500. The minimum atomic E-state index is -0.423. The van der Waals surface area contributed by atoms with Crippen LogP contribution >= 0.6 is 23.1 Å². The van der Waals surface area contributed by atoms with E-state index in [2.05, 4.69) is 22.5 Å². The normalized spacial score (nSPS) is 16.3. The number of rotatable bonds is 4. The Morgan fingerprint density at radius 3 is 3.21 bits per heavy atom. The van der Waals surface area contributed by atoms with E-state index < -0.39 is 6.10 Å². The summed E-state index contributed by atoms with van der Waals surface area (Å²) in [5.41, 5.74) is 1.43. The lowest BCUT2D eigenvalue weighted by Crippen LogP contribution is -2.07. The third-order valence-corrected chi connectivity index (χ3v) is 5.84. The first-order valence-electron chi connectivity index (χ1n) is 6.65. The van der Waals surface area contributed by atoms with Crippen molar-refractivity contribution in [2.75, 3.05) is 5.75 Å². The van der Waals surface area contributed by atoms with E-state index in [0.29, 0.717) is 6.42 Å². The first-order valence-corrected chi connectivity index (χ1v) is 8.62. The van der Waals surface area contributed by atoms with Gasteiger partial charge in [0.05, 0.1) is 6.10 Å². The van der Waals surface area contributed by atoms with Crippen molar-refractivity contribution in [3.8, 4) is 0 Å². The van der Waals surface area contributed by atoms with Crippen LogP contribution in [-0.2, 0) is 25.1 Å². The fourth-order valence-electron chi connectivity index (χ4n) is 2.43. The van der Waals surface area contributed by atoms with Crippen LogP contribution in [0, 0.1) is 0 Å². The lowest BCUT2D eigenvalue weighted by molar-refractivity contribution is 0.178. The maximum Gasteiger partial charge on any atom is 0.111 e. The number of nitrogens with zero attached hydrogens (tertiary/aromatic N) is 2. The zero-order valence-corrected chi connectivity index (χ0v) is 12.6. The van der Waals surface area contributed by atoms with Crippen LogP contribution in [-0.4, -0.2) is 20.4 Å². The molecule has 3 rings (SSSR count). The predicted molar refractivity (Wildman–Crippen MR) is 80.7 cm³/mol. The molecule has 3 nitrogen and oxygen atoms in total. The minimum absolute atomic E-state index is 0.423. The van der Waals surface area contributed by atoms with Crippen molar-refractivity contribution in [3.05, 3.63) is 39.6 Å². The van der Waals surface area contributed by atoms with Crippen LogP contribution in [0.1, 0.15) is 34.2 Å². The molecule has 1 aliphatic rings. The highest BCUT2D eigenvalue weighted by Crippen LogP contribution is 2.35. The maximum absolute atomic E-state index is 10.4. The predicted octanol–water partition coefficient (Wildman–Crippen LogP) is 3.03. The Bertz CT molecular complexity index is 538. The molecule has 102 valence electrons. The number of thioether (sulfide) groups is 1. The van der Waals surface area contributed by atoms with E-state index in [0.717, 1.165) is 29.4 Å². The van der Waals surface area contributed by atoms with Crippen molar-refractivity contribution >= 4 is 23.1 Å². The summed E-state index contributed by atoms with van der Waals surface area (Å²) in [7, 11) is 0. The van der Waals surface area contributed by atoms with Crippen LogP contribution in [0.25, 0.3) is 0 Å². The quantitative estimate of drug-likeness (QED) is 0.942. The van der Waals surface area contributed by atoms with Gasteiger partial charge in [-0.2, -0.15) is 11.8 Å². The molecule has 0 saturated heterocycles. The average Bonchev–Trinajstić information content (AvgIpc) is 3.03. The van der Waals surface area contributed by atoms with E-state index in [4.69, 9.17) is 0 Å². The first kappa shape index (κ1) is 13.2. The van der Waals surface area contributed by atoms with Crippen LogP contribution in [0.5, 0.6) is 0 Å². The van der Waals surface area contributed by atoms with Gasteiger partial charge in [-0.1, -0.05) is 0 Å². The molecule has 0 fully saturated rings. The van der Waals surface area contributed by atoms with Gasteiger partial charge in [0.1, 0.15) is 5.82 Å². The number of aromatic nitrogens is 2. The largest absolute Gasteiger partial charge is 0.387 e. The highest BCUT2D eigenvalue weighted by molar-refractivity contribution is 7.98. The molecule has 0 radical (unpaired) electrons. The maximum atomic E-state index is 10.4. The minimum Gasteiger partial charge on any atom is -0.387 e. The Morgan fingerprint density at radius 2 is 2.42 bits per heavy atom. The number of aliphatic hydroxyl groups is 1. The average molecular weight is 294 g/mol. The van der Waals surface area contributed by atoms with E-state index in [1.807, 2.05) is 24.2 Å². The Kier molecular flexibility index (Phi) is 3.96. The number of aryl methyl sites for hydroxylation is 2. The van der Waals surface area contributed by atoms with E-state index in [-0.39, 0.29) is 0 Å². The molecular weight excluding hydrogens is 276 g/mol. The van der Waals surface area contributed by atoms with E-state index in [1.165, 1.54) is 16.2 Å². The molecule has 0 aliphatic carbocycles. The second kappa shape index (κ2) is 5.69. The van der Waals surface area contributed by atoms with Gasteiger partial charge in [0, 0.05) is 40.9 Å². The molecule has 5 heteroatoms. The van der Waals surface area contributed by atoms with Crippen LogP contribution in [0.4, 0.5) is 0 Å². The summed E-state index contributed by atoms with van der Waals surface area (Å²) >= 11 is 3.76. The SMILES string of the molecule is CCn1ccnc1CC(O)c1cc2c(s1)CCSC2. The molecule has 0 saturated carbocycles. The molecule has 2 aromatic heterocycles. The van der Waals surface area contributed by atoms with Gasteiger partial charge in [0.15, 0.2) is 0 Å². The van der Waals surface area contributed by atoms with Crippen molar-refractivity contribution < 1.29 is 5.11 Å². The van der Waals surface area contributed by atoms with E-state index in [1.54, 1.807) is 11.3 Å². The molecule has 1 atom stereocenters. The molecule has 0 bridgehead atoms. The van der Waals surface area contributed by atoms with Crippen LogP contribution in [0.15, 0.2) is 18.5 Å². The Balaban J connectivity index is 1.76. The van der Waals surface area contributed by atoms with Crippen molar-refractivity contribution in [1.29, 1.82) is 0 Å². The highest BCUT2D eigenvalue weighted by Gasteiger charge is 2.19. The number of aliphatic hydroxyl groups excluding tert-OH is 1. The van der Waals surface area contributed by atoms with Crippen LogP contribution < -0.4 is 0 Å². The van der Waals surface area contributed by atoms with Crippen molar-refractivity contribution in [2.24, 2.45) is 0 Å². The standard InChI is InChI=1S/C14H18N2OS2/c1-2-16-5-4-15-14(16)8-11(17)13-7-10-9-18-6-3-12(10)19-13/h4-5,7,11,17H,2-3,6,8-9H2,1H3. The molecule has 1 unspecified atom stereocenters. The zero-order chi connectivity index (χ0) is 13.2. The molecule has 2 aromatic rings. The molecular formula is C14H18N2OS2. The third-order valence-electron chi connectivity index (χ3n) is 3.49. The number of thiophene rings is 1. The van der Waals surface area contributed by atoms with Gasteiger partial charge in [-0.05, 0) is 30.7 Å². The first-order chi connectivity index (χ1) is 9.28. The Morgan fingerprint density at radius 1 is 1.53 bits per heavy atom. The molecule has 0 aromatic carbocycles. The van der Waals surface area contributed by atoms with Crippen molar-refractivity contribution in [2.45, 2.75) is 38.2 Å². The molecule has 19 heavy (non-hydrogen) atoms. The summed E-state index contributed by atoms with van der Waals surface area (Å²) < 4.78 is 2.09. The second-order valence-electron chi connectivity index (χ2n) is 4.75. The zero-order valence-electron chi connectivity index (χ0n) is 11.0. The van der Waals surface area contributed by atoms with Crippen molar-refractivity contribution in [1.82, 2.24) is 9.55 Å². The summed E-state index contributed by atoms with van der Waals surface area (Å²) in [6.45, 7) is 3.00. The van der Waals surface area contributed by atoms with E-state index >= 15 is 0 Å². The smallest absolute Gasteiger partial charge is 0.111 e. The fourth-order valence-corrected chi connectivity index (χ4v) is 4.79. The Labute approximate surface area is 121 Å². The molecule has 0 amide bonds. The van der Waals surface area contributed by atoms with Crippen LogP contribution in [0.3, 0.4) is 0 Å². The number of fused-ring (bicyclic) bond motifs is 1. The number of hydrogen-bond acceptors (Lipinski definition) is 4. The molecule has 1 aliphatic heterocycles. The molecule has 0 spiro atoms. The van der Waals surface area contributed by atoms with Gasteiger partial charge in [-0.15, -0.1) is 11.3 Å². The summed E-state index contributed by atoms with van der Waals surface area (Å²) in [5, 5.41) is 10.4. The molecule has 1 N–H and O–H groups in total. The number of imidazole rings is 1. The van der Waals surface area contributed by atoms with Crippen LogP contribution in [0.2, 0.25) is 0 Å². The molecule has 3 heterocycles. The summed E-state index contributed by atoms with van der Waals surface area (Å²) in [6, 6.07) is 2.19. The number of hydrogen-bond donors (Lipinski definition) is 1. The lowest BCUT2D eigenvalue weighted by atomic mass is 10.1. The third kappa shape index (κ3) is 2.73. The van der Waals surface area contributed by atoms with Gasteiger partial charge >= 0.3 is 0 Å².